The number of aromatic nitrogens is 1. The maximum Gasteiger partial charge on any atom is 0.319 e. The van der Waals surface area contributed by atoms with Gasteiger partial charge in [-0.05, 0) is 25.0 Å². The van der Waals surface area contributed by atoms with Gasteiger partial charge in [0.1, 0.15) is 0 Å². The van der Waals surface area contributed by atoms with Gasteiger partial charge in [-0.3, -0.25) is 9.69 Å². The van der Waals surface area contributed by atoms with Gasteiger partial charge in [-0.25, -0.2) is 9.78 Å². The molecule has 2 heterocycles. The van der Waals surface area contributed by atoms with E-state index in [1.54, 1.807) is 6.20 Å². The first-order valence-corrected chi connectivity index (χ1v) is 9.11. The summed E-state index contributed by atoms with van der Waals surface area (Å²) in [4.78, 5) is 30.1. The minimum atomic E-state index is -0.189. The van der Waals surface area contributed by atoms with Crippen LogP contribution in [-0.4, -0.2) is 47.5 Å². The first kappa shape index (κ1) is 17.4. The van der Waals surface area contributed by atoms with Crippen LogP contribution in [0, 0.1) is 0 Å². The van der Waals surface area contributed by atoms with Crippen LogP contribution in [0.1, 0.15) is 12.8 Å². The van der Waals surface area contributed by atoms with E-state index < -0.39 is 0 Å². The van der Waals surface area contributed by atoms with E-state index in [9.17, 15) is 9.59 Å². The lowest BCUT2D eigenvalue weighted by atomic mass is 10.1. The highest BCUT2D eigenvalue weighted by molar-refractivity contribution is 7.13. The summed E-state index contributed by atoms with van der Waals surface area (Å²) in [5, 5.41) is 11.1. The number of thiazole rings is 1. The topological polar surface area (TPSA) is 86.4 Å². The Morgan fingerprint density at radius 3 is 2.60 bits per heavy atom. The molecule has 3 amide bonds. The number of amides is 3. The Labute approximate surface area is 150 Å². The fourth-order valence-electron chi connectivity index (χ4n) is 2.76. The zero-order valence-electron chi connectivity index (χ0n) is 13.8. The van der Waals surface area contributed by atoms with Gasteiger partial charge in [0.05, 0.1) is 6.54 Å². The molecule has 1 saturated heterocycles. The number of piperidine rings is 1. The van der Waals surface area contributed by atoms with Crippen molar-refractivity contribution in [2.45, 2.75) is 18.9 Å². The maximum atomic E-state index is 12.0. The van der Waals surface area contributed by atoms with Crippen molar-refractivity contribution in [3.63, 3.8) is 0 Å². The quantitative estimate of drug-likeness (QED) is 0.765. The Morgan fingerprint density at radius 1 is 1.16 bits per heavy atom. The van der Waals surface area contributed by atoms with Gasteiger partial charge in [0.15, 0.2) is 5.13 Å². The normalized spacial score (nSPS) is 15.5. The molecule has 0 unspecified atom stereocenters. The van der Waals surface area contributed by atoms with Crippen LogP contribution < -0.4 is 16.0 Å². The third kappa shape index (κ3) is 5.54. The average Bonchev–Trinajstić information content (AvgIpc) is 3.10. The molecule has 0 radical (unpaired) electrons. The smallest absolute Gasteiger partial charge is 0.319 e. The van der Waals surface area contributed by atoms with Crippen molar-refractivity contribution < 1.29 is 9.59 Å². The number of rotatable bonds is 5. The minimum Gasteiger partial charge on any atom is -0.335 e. The Kier molecular flexibility index (Phi) is 5.97. The first-order chi connectivity index (χ1) is 12.2. The molecule has 0 saturated carbocycles. The summed E-state index contributed by atoms with van der Waals surface area (Å²) >= 11 is 1.41. The van der Waals surface area contributed by atoms with E-state index in [0.717, 1.165) is 31.6 Å². The van der Waals surface area contributed by atoms with Crippen molar-refractivity contribution in [1.29, 1.82) is 0 Å². The molecule has 0 bridgehead atoms. The zero-order valence-corrected chi connectivity index (χ0v) is 14.6. The summed E-state index contributed by atoms with van der Waals surface area (Å²) < 4.78 is 0. The summed E-state index contributed by atoms with van der Waals surface area (Å²) in [6.45, 7) is 1.91. The highest BCUT2D eigenvalue weighted by atomic mass is 32.1. The molecule has 8 heteroatoms. The predicted octanol–water partition coefficient (Wildman–Crippen LogP) is 2.37. The Bertz CT molecular complexity index is 684. The van der Waals surface area contributed by atoms with Gasteiger partial charge < -0.3 is 16.0 Å². The number of nitrogens with zero attached hydrogens (tertiary/aromatic N) is 2. The van der Waals surface area contributed by atoms with E-state index >= 15 is 0 Å². The fourth-order valence-corrected chi connectivity index (χ4v) is 3.30. The molecule has 132 valence electrons. The molecule has 1 aliphatic rings. The minimum absolute atomic E-state index is 0.0526. The van der Waals surface area contributed by atoms with Gasteiger partial charge in [0.25, 0.3) is 0 Å². The summed E-state index contributed by atoms with van der Waals surface area (Å²) in [6, 6.07) is 9.30. The van der Waals surface area contributed by atoms with Gasteiger partial charge in [0, 0.05) is 36.4 Å². The van der Waals surface area contributed by atoms with Crippen LogP contribution in [0.15, 0.2) is 41.9 Å². The van der Waals surface area contributed by atoms with Gasteiger partial charge in [-0.1, -0.05) is 18.2 Å². The van der Waals surface area contributed by atoms with Crippen molar-refractivity contribution in [3.8, 4) is 0 Å². The molecule has 0 atom stereocenters. The highest BCUT2D eigenvalue weighted by Gasteiger charge is 2.22. The molecule has 3 rings (SSSR count). The molecule has 1 aromatic carbocycles. The van der Waals surface area contributed by atoms with Crippen molar-refractivity contribution in [3.05, 3.63) is 41.9 Å². The fraction of sp³-hybridized carbons (Fsp3) is 0.353. The lowest BCUT2D eigenvalue weighted by Gasteiger charge is -2.31. The van der Waals surface area contributed by atoms with E-state index in [1.807, 2.05) is 35.7 Å². The lowest BCUT2D eigenvalue weighted by molar-refractivity contribution is -0.117. The number of anilines is 2. The van der Waals surface area contributed by atoms with Gasteiger partial charge >= 0.3 is 6.03 Å². The molecule has 1 fully saturated rings. The summed E-state index contributed by atoms with van der Waals surface area (Å²) in [6.07, 6.45) is 3.32. The number of para-hydroxylation sites is 1. The lowest BCUT2D eigenvalue weighted by Crippen LogP contribution is -2.47. The van der Waals surface area contributed by atoms with Crippen molar-refractivity contribution in [2.24, 2.45) is 0 Å². The second kappa shape index (κ2) is 8.59. The van der Waals surface area contributed by atoms with Crippen LogP contribution in [0.3, 0.4) is 0 Å². The van der Waals surface area contributed by atoms with Gasteiger partial charge in [-0.15, -0.1) is 11.3 Å². The maximum absolute atomic E-state index is 12.0. The summed E-state index contributed by atoms with van der Waals surface area (Å²) in [5.41, 5.74) is 0.774. The van der Waals surface area contributed by atoms with Crippen LogP contribution in [0.4, 0.5) is 15.6 Å². The number of urea groups is 1. The molecule has 1 aliphatic heterocycles. The van der Waals surface area contributed by atoms with Gasteiger partial charge in [0.2, 0.25) is 5.91 Å². The van der Waals surface area contributed by atoms with Gasteiger partial charge in [-0.2, -0.15) is 0 Å². The van der Waals surface area contributed by atoms with Crippen molar-refractivity contribution in [1.82, 2.24) is 15.2 Å². The standard InChI is InChI=1S/C17H21N5O2S/c23-15(21-17-18-8-11-25-17)12-22-9-6-14(7-10-22)20-16(24)19-13-4-2-1-3-5-13/h1-5,8,11,14H,6-7,9-10,12H2,(H,18,21,23)(H2,19,20,24). The van der Waals surface area contributed by atoms with E-state index in [4.69, 9.17) is 0 Å². The molecule has 1 aromatic heterocycles. The first-order valence-electron chi connectivity index (χ1n) is 8.23. The van der Waals surface area contributed by atoms with E-state index in [1.165, 1.54) is 11.3 Å². The Hall–Kier alpha value is -2.45. The molecular weight excluding hydrogens is 338 g/mol. The molecule has 7 nitrogen and oxygen atoms in total. The number of hydrogen-bond acceptors (Lipinski definition) is 5. The van der Waals surface area contributed by atoms with E-state index in [2.05, 4.69) is 25.8 Å². The molecule has 25 heavy (non-hydrogen) atoms. The zero-order chi connectivity index (χ0) is 17.5. The van der Waals surface area contributed by atoms with Crippen LogP contribution in [0.5, 0.6) is 0 Å². The number of carbonyl (C=O) groups is 2. The monoisotopic (exact) mass is 359 g/mol. The molecule has 3 N–H and O–H groups in total. The van der Waals surface area contributed by atoms with Crippen LogP contribution >= 0.6 is 11.3 Å². The molecular formula is C17H21N5O2S. The number of carbonyl (C=O) groups excluding carboxylic acids is 2. The Balaban J connectivity index is 1.37. The highest BCUT2D eigenvalue weighted by Crippen LogP contribution is 2.13. The number of likely N-dealkylation sites (tertiary alicyclic amines) is 1. The third-order valence-corrected chi connectivity index (χ3v) is 4.69. The molecule has 2 aromatic rings. The van der Waals surface area contributed by atoms with Crippen molar-refractivity contribution in [2.75, 3.05) is 30.3 Å². The second-order valence-corrected chi connectivity index (χ2v) is 6.79. The molecule has 0 spiro atoms. The largest absolute Gasteiger partial charge is 0.335 e. The number of benzene rings is 1. The van der Waals surface area contributed by atoms with Crippen LogP contribution in [0.25, 0.3) is 0 Å². The van der Waals surface area contributed by atoms with E-state index in [-0.39, 0.29) is 18.0 Å². The Morgan fingerprint density at radius 2 is 1.92 bits per heavy atom. The van der Waals surface area contributed by atoms with Crippen LogP contribution in [0.2, 0.25) is 0 Å². The average molecular weight is 359 g/mol. The number of hydrogen-bond donors (Lipinski definition) is 3. The SMILES string of the molecule is O=C(CN1CCC(NC(=O)Nc2ccccc2)CC1)Nc1nccs1. The third-order valence-electron chi connectivity index (χ3n) is 4.00. The second-order valence-electron chi connectivity index (χ2n) is 5.90. The molecule has 0 aliphatic carbocycles. The van der Waals surface area contributed by atoms with Crippen molar-refractivity contribution >= 4 is 34.1 Å². The van der Waals surface area contributed by atoms with E-state index in [0.29, 0.717) is 11.7 Å². The summed E-state index contributed by atoms with van der Waals surface area (Å²) in [5.74, 6) is -0.0526. The summed E-state index contributed by atoms with van der Waals surface area (Å²) in [7, 11) is 0. The number of nitrogens with one attached hydrogen (secondary N) is 3. The predicted molar refractivity (Wildman–Crippen MR) is 98.8 cm³/mol. The van der Waals surface area contributed by atoms with Crippen LogP contribution in [-0.2, 0) is 4.79 Å².